The van der Waals surface area contributed by atoms with Gasteiger partial charge in [-0.2, -0.15) is 0 Å². The summed E-state index contributed by atoms with van der Waals surface area (Å²) in [6.45, 7) is 0.658. The minimum Gasteiger partial charge on any atom is -0.355 e. The van der Waals surface area contributed by atoms with Crippen LogP contribution < -0.4 is 5.32 Å². The van der Waals surface area contributed by atoms with Crippen LogP contribution in [0.3, 0.4) is 0 Å². The van der Waals surface area contributed by atoms with E-state index in [0.717, 1.165) is 12.8 Å². The molecule has 0 saturated carbocycles. The first-order valence-corrected chi connectivity index (χ1v) is 7.81. The molecule has 3 heteroatoms. The third-order valence-corrected chi connectivity index (χ3v) is 4.29. The average molecular weight is 297 g/mol. The first-order chi connectivity index (χ1) is 10.7. The Balaban J connectivity index is 1.58. The van der Waals surface area contributed by atoms with E-state index in [0.29, 0.717) is 18.0 Å². The third-order valence-electron chi connectivity index (χ3n) is 4.29. The molecule has 0 aliphatic heterocycles. The number of rotatable bonds is 4. The van der Waals surface area contributed by atoms with Gasteiger partial charge in [-0.25, -0.2) is 4.39 Å². The molecule has 2 nitrogen and oxygen atoms in total. The Morgan fingerprint density at radius 2 is 2.05 bits per heavy atom. The number of amides is 1. The number of carbonyl (C=O) groups excluding carboxylic acids is 1. The van der Waals surface area contributed by atoms with Gasteiger partial charge in [0.05, 0.1) is 6.42 Å². The Hall–Kier alpha value is -2.16. The van der Waals surface area contributed by atoms with E-state index in [1.165, 1.54) is 29.7 Å². The van der Waals surface area contributed by atoms with Crippen molar-refractivity contribution in [1.82, 2.24) is 5.32 Å². The average Bonchev–Trinajstić information content (AvgIpc) is 2.53. The van der Waals surface area contributed by atoms with Gasteiger partial charge in [0.1, 0.15) is 5.82 Å². The molecule has 1 amide bonds. The number of aryl methyl sites for hydroxylation is 1. The maximum Gasteiger partial charge on any atom is 0.224 e. The van der Waals surface area contributed by atoms with Crippen LogP contribution in [-0.4, -0.2) is 12.5 Å². The SMILES string of the molecule is O=C(Cc1cccc(F)c1)NC[C@H]1CCCc2ccccc21. The second-order valence-electron chi connectivity index (χ2n) is 5.90. The largest absolute Gasteiger partial charge is 0.355 e. The van der Waals surface area contributed by atoms with Crippen molar-refractivity contribution in [2.75, 3.05) is 6.54 Å². The number of benzene rings is 2. The van der Waals surface area contributed by atoms with Crippen molar-refractivity contribution in [2.45, 2.75) is 31.6 Å². The van der Waals surface area contributed by atoms with Crippen molar-refractivity contribution < 1.29 is 9.18 Å². The van der Waals surface area contributed by atoms with Gasteiger partial charge in [-0.15, -0.1) is 0 Å². The van der Waals surface area contributed by atoms with Crippen LogP contribution in [-0.2, 0) is 17.6 Å². The van der Waals surface area contributed by atoms with E-state index in [1.54, 1.807) is 12.1 Å². The lowest BCUT2D eigenvalue weighted by atomic mass is 9.83. The Morgan fingerprint density at radius 3 is 2.91 bits per heavy atom. The molecule has 1 atom stereocenters. The number of carbonyl (C=O) groups is 1. The van der Waals surface area contributed by atoms with Crippen LogP contribution in [0.15, 0.2) is 48.5 Å². The molecule has 1 aliphatic carbocycles. The summed E-state index contributed by atoms with van der Waals surface area (Å²) in [7, 11) is 0. The van der Waals surface area contributed by atoms with E-state index in [2.05, 4.69) is 29.6 Å². The Bertz CT molecular complexity index is 668. The standard InChI is InChI=1S/C19H20FNO/c20-17-9-3-5-14(11-17)12-19(22)21-13-16-8-4-7-15-6-1-2-10-18(15)16/h1-3,5-6,9-11,16H,4,7-8,12-13H2,(H,21,22)/t16-/m1/s1. The Kier molecular flexibility index (Phi) is 4.52. The topological polar surface area (TPSA) is 29.1 Å². The first kappa shape index (κ1) is 14.8. The van der Waals surface area contributed by atoms with Gasteiger partial charge in [-0.1, -0.05) is 36.4 Å². The molecule has 0 aromatic heterocycles. The van der Waals surface area contributed by atoms with E-state index in [-0.39, 0.29) is 18.1 Å². The van der Waals surface area contributed by atoms with Crippen LogP contribution in [0.4, 0.5) is 4.39 Å². The number of hydrogen-bond acceptors (Lipinski definition) is 1. The lowest BCUT2D eigenvalue weighted by Crippen LogP contribution is -2.31. The number of fused-ring (bicyclic) bond motifs is 1. The second kappa shape index (κ2) is 6.73. The molecular weight excluding hydrogens is 277 g/mol. The van der Waals surface area contributed by atoms with Gasteiger partial charge in [-0.3, -0.25) is 4.79 Å². The van der Waals surface area contributed by atoms with Crippen molar-refractivity contribution in [2.24, 2.45) is 0 Å². The fourth-order valence-electron chi connectivity index (χ4n) is 3.20. The van der Waals surface area contributed by atoms with Crippen LogP contribution in [0.5, 0.6) is 0 Å². The van der Waals surface area contributed by atoms with Gasteiger partial charge in [0, 0.05) is 12.5 Å². The molecule has 0 saturated heterocycles. The summed E-state index contributed by atoms with van der Waals surface area (Å²) in [5, 5.41) is 3.00. The normalized spacial score (nSPS) is 16.9. The summed E-state index contributed by atoms with van der Waals surface area (Å²) in [5.74, 6) is 0.0431. The van der Waals surface area contributed by atoms with Gasteiger partial charge in [-0.05, 0) is 48.1 Å². The molecule has 2 aromatic carbocycles. The predicted octanol–water partition coefficient (Wildman–Crippen LogP) is 3.60. The molecule has 1 aliphatic rings. The van der Waals surface area contributed by atoms with E-state index >= 15 is 0 Å². The highest BCUT2D eigenvalue weighted by atomic mass is 19.1. The summed E-state index contributed by atoms with van der Waals surface area (Å²) in [5.41, 5.74) is 3.47. The van der Waals surface area contributed by atoms with Gasteiger partial charge in [0.2, 0.25) is 5.91 Å². The minimum absolute atomic E-state index is 0.0475. The van der Waals surface area contributed by atoms with Gasteiger partial charge >= 0.3 is 0 Å². The van der Waals surface area contributed by atoms with Crippen LogP contribution in [0.1, 0.15) is 35.4 Å². The molecule has 0 unspecified atom stereocenters. The highest BCUT2D eigenvalue weighted by Gasteiger charge is 2.20. The lowest BCUT2D eigenvalue weighted by Gasteiger charge is -2.25. The van der Waals surface area contributed by atoms with E-state index in [9.17, 15) is 9.18 Å². The summed E-state index contributed by atoms with van der Waals surface area (Å²) < 4.78 is 13.1. The molecule has 0 radical (unpaired) electrons. The second-order valence-corrected chi connectivity index (χ2v) is 5.90. The van der Waals surface area contributed by atoms with Crippen molar-refractivity contribution in [3.63, 3.8) is 0 Å². The molecule has 1 N–H and O–H groups in total. The zero-order chi connectivity index (χ0) is 15.4. The summed E-state index contributed by atoms with van der Waals surface area (Å²) >= 11 is 0. The number of halogens is 1. The van der Waals surface area contributed by atoms with Crippen molar-refractivity contribution in [1.29, 1.82) is 0 Å². The van der Waals surface area contributed by atoms with Crippen molar-refractivity contribution in [3.8, 4) is 0 Å². The fraction of sp³-hybridized carbons (Fsp3) is 0.316. The van der Waals surface area contributed by atoms with Crippen molar-refractivity contribution >= 4 is 5.91 Å². The number of hydrogen-bond donors (Lipinski definition) is 1. The molecule has 0 heterocycles. The molecule has 114 valence electrons. The van der Waals surface area contributed by atoms with Crippen LogP contribution in [0.2, 0.25) is 0 Å². The van der Waals surface area contributed by atoms with Crippen LogP contribution in [0, 0.1) is 5.82 Å². The smallest absolute Gasteiger partial charge is 0.224 e. The first-order valence-electron chi connectivity index (χ1n) is 7.81. The maximum atomic E-state index is 13.1. The summed E-state index contributed by atoms with van der Waals surface area (Å²) in [4.78, 5) is 12.0. The van der Waals surface area contributed by atoms with E-state index in [1.807, 2.05) is 0 Å². The van der Waals surface area contributed by atoms with Gasteiger partial charge in [0.15, 0.2) is 0 Å². The fourth-order valence-corrected chi connectivity index (χ4v) is 3.20. The lowest BCUT2D eigenvalue weighted by molar-refractivity contribution is -0.120. The van der Waals surface area contributed by atoms with Crippen LogP contribution >= 0.6 is 0 Å². The highest BCUT2D eigenvalue weighted by molar-refractivity contribution is 5.78. The summed E-state index contributed by atoms with van der Waals surface area (Å²) in [6, 6.07) is 14.7. The molecule has 3 rings (SSSR count). The van der Waals surface area contributed by atoms with Crippen molar-refractivity contribution in [3.05, 3.63) is 71.0 Å². The minimum atomic E-state index is -0.300. The monoisotopic (exact) mass is 297 g/mol. The third kappa shape index (κ3) is 3.53. The molecular formula is C19H20FNO. The summed E-state index contributed by atoms with van der Waals surface area (Å²) in [6.07, 6.45) is 3.63. The molecule has 22 heavy (non-hydrogen) atoms. The molecule has 0 fully saturated rings. The Morgan fingerprint density at radius 1 is 1.18 bits per heavy atom. The molecule has 0 spiro atoms. The quantitative estimate of drug-likeness (QED) is 0.918. The van der Waals surface area contributed by atoms with Crippen LogP contribution in [0.25, 0.3) is 0 Å². The molecule has 0 bridgehead atoms. The predicted molar refractivity (Wildman–Crippen MR) is 85.2 cm³/mol. The maximum absolute atomic E-state index is 13.1. The van der Waals surface area contributed by atoms with E-state index < -0.39 is 0 Å². The highest BCUT2D eigenvalue weighted by Crippen LogP contribution is 2.30. The Labute approximate surface area is 130 Å². The van der Waals surface area contributed by atoms with E-state index in [4.69, 9.17) is 0 Å². The number of nitrogens with one attached hydrogen (secondary N) is 1. The van der Waals surface area contributed by atoms with Gasteiger partial charge < -0.3 is 5.32 Å². The zero-order valence-corrected chi connectivity index (χ0v) is 12.5. The van der Waals surface area contributed by atoms with Gasteiger partial charge in [0.25, 0.3) is 0 Å². The molecule has 2 aromatic rings. The zero-order valence-electron chi connectivity index (χ0n) is 12.5.